The molecule has 0 aliphatic heterocycles. The molecule has 0 saturated carbocycles. The van der Waals surface area contributed by atoms with Gasteiger partial charge in [-0.3, -0.25) is 4.79 Å². The van der Waals surface area contributed by atoms with E-state index in [1.165, 1.54) is 12.1 Å². The third-order valence-corrected chi connectivity index (χ3v) is 3.38. The Morgan fingerprint density at radius 2 is 2.00 bits per heavy atom. The second-order valence-corrected chi connectivity index (χ2v) is 5.07. The Morgan fingerprint density at radius 3 is 2.65 bits per heavy atom. The van der Waals surface area contributed by atoms with Crippen LogP contribution in [0.25, 0.3) is 0 Å². The first-order valence-electron chi connectivity index (χ1n) is 5.72. The fourth-order valence-corrected chi connectivity index (χ4v) is 2.14. The zero-order valence-corrected chi connectivity index (χ0v) is 12.2. The van der Waals surface area contributed by atoms with Gasteiger partial charge in [0.1, 0.15) is 22.9 Å². The lowest BCUT2D eigenvalue weighted by Gasteiger charge is -2.12. The van der Waals surface area contributed by atoms with E-state index >= 15 is 0 Å². The molecule has 0 unspecified atom stereocenters. The molecule has 4 nitrogen and oxygen atoms in total. The molecule has 20 heavy (non-hydrogen) atoms. The molecule has 6 heteroatoms. The summed E-state index contributed by atoms with van der Waals surface area (Å²) in [6.07, 6.45) is 0. The van der Waals surface area contributed by atoms with Crippen molar-refractivity contribution in [2.45, 2.75) is 6.92 Å². The highest BCUT2D eigenvalue weighted by Gasteiger charge is 2.17. The minimum atomic E-state index is -0.888. The number of carbonyl (C=O) groups excluding carboxylic acids is 1. The maximum absolute atomic E-state index is 13.6. The lowest BCUT2D eigenvalue weighted by Crippen LogP contribution is -2.14. The fraction of sp³-hybridized carbons (Fsp3) is 0.0714. The van der Waals surface area contributed by atoms with Gasteiger partial charge in [-0.1, -0.05) is 6.07 Å². The van der Waals surface area contributed by atoms with Crippen molar-refractivity contribution in [1.29, 1.82) is 0 Å². The van der Waals surface area contributed by atoms with Crippen LogP contribution in [0.15, 0.2) is 34.8 Å². The van der Waals surface area contributed by atoms with E-state index in [2.05, 4.69) is 15.9 Å². The standard InChI is InChI=1S/C14H12BrFN2O2/c1-7-5-12(8(15)6-10(7)17)20-11-4-2-3-9(16)13(11)14(18)19/h2-6H,17H2,1H3,(H2,18,19). The van der Waals surface area contributed by atoms with Crippen LogP contribution >= 0.6 is 15.9 Å². The first-order valence-corrected chi connectivity index (χ1v) is 6.51. The first-order chi connectivity index (χ1) is 9.40. The maximum Gasteiger partial charge on any atom is 0.255 e. The van der Waals surface area contributed by atoms with Gasteiger partial charge in [0.25, 0.3) is 5.91 Å². The quantitative estimate of drug-likeness (QED) is 0.842. The molecule has 0 aromatic heterocycles. The van der Waals surface area contributed by atoms with Gasteiger partial charge in [-0.05, 0) is 52.7 Å². The number of primary amides is 1. The molecule has 0 spiro atoms. The van der Waals surface area contributed by atoms with Gasteiger partial charge in [-0.15, -0.1) is 0 Å². The number of anilines is 1. The van der Waals surface area contributed by atoms with Crippen LogP contribution in [-0.4, -0.2) is 5.91 Å². The Kier molecular flexibility index (Phi) is 3.94. The van der Waals surface area contributed by atoms with E-state index < -0.39 is 11.7 Å². The molecule has 2 rings (SSSR count). The third kappa shape index (κ3) is 2.75. The number of hydrogen-bond donors (Lipinski definition) is 2. The largest absolute Gasteiger partial charge is 0.455 e. The van der Waals surface area contributed by atoms with Crippen LogP contribution in [-0.2, 0) is 0 Å². The molecule has 0 bridgehead atoms. The summed E-state index contributed by atoms with van der Waals surface area (Å²) in [4.78, 5) is 11.3. The summed E-state index contributed by atoms with van der Waals surface area (Å²) >= 11 is 3.30. The van der Waals surface area contributed by atoms with Gasteiger partial charge >= 0.3 is 0 Å². The van der Waals surface area contributed by atoms with E-state index in [9.17, 15) is 9.18 Å². The number of carbonyl (C=O) groups is 1. The summed E-state index contributed by atoms with van der Waals surface area (Å²) in [6, 6.07) is 7.43. The monoisotopic (exact) mass is 338 g/mol. The number of aryl methyl sites for hydroxylation is 1. The Bertz CT molecular complexity index is 689. The molecule has 2 aromatic rings. The number of benzene rings is 2. The van der Waals surface area contributed by atoms with Gasteiger partial charge in [0.05, 0.1) is 4.47 Å². The second-order valence-electron chi connectivity index (χ2n) is 4.22. The smallest absolute Gasteiger partial charge is 0.255 e. The van der Waals surface area contributed by atoms with Crippen LogP contribution in [0, 0.1) is 12.7 Å². The topological polar surface area (TPSA) is 78.3 Å². The molecule has 0 radical (unpaired) electrons. The molecule has 1 amide bonds. The van der Waals surface area contributed by atoms with E-state index in [4.69, 9.17) is 16.2 Å². The maximum atomic E-state index is 13.6. The zero-order valence-electron chi connectivity index (χ0n) is 10.6. The van der Waals surface area contributed by atoms with Crippen LogP contribution in [0.2, 0.25) is 0 Å². The van der Waals surface area contributed by atoms with Crippen molar-refractivity contribution >= 4 is 27.5 Å². The number of hydrogen-bond acceptors (Lipinski definition) is 3. The van der Waals surface area contributed by atoms with E-state index in [-0.39, 0.29) is 11.3 Å². The van der Waals surface area contributed by atoms with Gasteiger partial charge in [-0.25, -0.2) is 4.39 Å². The molecule has 2 aromatic carbocycles. The number of rotatable bonds is 3. The molecule has 0 aliphatic carbocycles. The van der Waals surface area contributed by atoms with Gasteiger partial charge in [-0.2, -0.15) is 0 Å². The predicted octanol–water partition coefficient (Wildman–Crippen LogP) is 3.37. The Balaban J connectivity index is 2.48. The molecule has 0 heterocycles. The normalized spacial score (nSPS) is 10.3. The average molecular weight is 339 g/mol. The minimum absolute atomic E-state index is 0.0578. The first kappa shape index (κ1) is 14.3. The molecular formula is C14H12BrFN2O2. The van der Waals surface area contributed by atoms with E-state index in [0.29, 0.717) is 15.9 Å². The summed E-state index contributed by atoms with van der Waals surface area (Å²) in [7, 11) is 0. The second kappa shape index (κ2) is 5.50. The number of ether oxygens (including phenoxy) is 1. The number of nitrogen functional groups attached to an aromatic ring is 1. The van der Waals surface area contributed by atoms with Crippen molar-refractivity contribution in [3.8, 4) is 11.5 Å². The van der Waals surface area contributed by atoms with Gasteiger partial charge in [0.2, 0.25) is 0 Å². The van der Waals surface area contributed by atoms with Crippen molar-refractivity contribution < 1.29 is 13.9 Å². The fourth-order valence-electron chi connectivity index (χ4n) is 1.70. The van der Waals surface area contributed by atoms with Crippen molar-refractivity contribution in [2.75, 3.05) is 5.73 Å². The SMILES string of the molecule is Cc1cc(Oc2cccc(F)c2C(N)=O)c(Br)cc1N. The van der Waals surface area contributed by atoms with Gasteiger partial charge in [0, 0.05) is 5.69 Å². The van der Waals surface area contributed by atoms with E-state index in [1.54, 1.807) is 12.1 Å². The lowest BCUT2D eigenvalue weighted by atomic mass is 10.1. The molecule has 0 aliphatic rings. The molecule has 0 atom stereocenters. The summed E-state index contributed by atoms with van der Waals surface area (Å²) in [5, 5.41) is 0. The van der Waals surface area contributed by atoms with Crippen LogP contribution in [0.1, 0.15) is 15.9 Å². The molecule has 4 N–H and O–H groups in total. The molecular weight excluding hydrogens is 327 g/mol. The predicted molar refractivity (Wildman–Crippen MR) is 78.3 cm³/mol. The number of amides is 1. The average Bonchev–Trinajstić information content (AvgIpc) is 2.35. The van der Waals surface area contributed by atoms with Crippen molar-refractivity contribution in [3.05, 3.63) is 51.7 Å². The highest BCUT2D eigenvalue weighted by atomic mass is 79.9. The third-order valence-electron chi connectivity index (χ3n) is 2.76. The summed E-state index contributed by atoms with van der Waals surface area (Å²) < 4.78 is 19.8. The Hall–Kier alpha value is -2.08. The van der Waals surface area contributed by atoms with Crippen LogP contribution in [0.3, 0.4) is 0 Å². The van der Waals surface area contributed by atoms with Crippen molar-refractivity contribution in [1.82, 2.24) is 0 Å². The minimum Gasteiger partial charge on any atom is -0.455 e. The Labute approximate surface area is 123 Å². The lowest BCUT2D eigenvalue weighted by molar-refractivity contribution is 0.0994. The van der Waals surface area contributed by atoms with Gasteiger partial charge < -0.3 is 16.2 Å². The van der Waals surface area contributed by atoms with Crippen molar-refractivity contribution in [2.24, 2.45) is 5.73 Å². The zero-order chi connectivity index (χ0) is 14.9. The highest BCUT2D eigenvalue weighted by Crippen LogP contribution is 2.35. The van der Waals surface area contributed by atoms with Crippen LogP contribution in [0.4, 0.5) is 10.1 Å². The number of nitrogens with two attached hydrogens (primary N) is 2. The summed E-state index contributed by atoms with van der Waals surface area (Å²) in [5.74, 6) is -1.13. The molecule has 0 saturated heterocycles. The van der Waals surface area contributed by atoms with E-state index in [1.807, 2.05) is 6.92 Å². The van der Waals surface area contributed by atoms with Gasteiger partial charge in [0.15, 0.2) is 0 Å². The molecule has 0 fully saturated rings. The highest BCUT2D eigenvalue weighted by molar-refractivity contribution is 9.10. The molecule has 104 valence electrons. The van der Waals surface area contributed by atoms with Crippen LogP contribution in [0.5, 0.6) is 11.5 Å². The summed E-state index contributed by atoms with van der Waals surface area (Å²) in [6.45, 7) is 1.81. The van der Waals surface area contributed by atoms with Crippen molar-refractivity contribution in [3.63, 3.8) is 0 Å². The van der Waals surface area contributed by atoms with E-state index in [0.717, 1.165) is 11.6 Å². The Morgan fingerprint density at radius 1 is 1.30 bits per heavy atom. The van der Waals surface area contributed by atoms with Crippen LogP contribution < -0.4 is 16.2 Å². The summed E-state index contributed by atoms with van der Waals surface area (Å²) in [5.41, 5.74) is 12.1. The number of halogens is 2.